The second kappa shape index (κ2) is 9.00. The molecule has 0 unspecified atom stereocenters. The van der Waals surface area contributed by atoms with Crippen LogP contribution in [0.5, 0.6) is 0 Å². The molecule has 0 saturated carbocycles. The van der Waals surface area contributed by atoms with Crippen LogP contribution in [0, 0.1) is 0 Å². The molecule has 1 fully saturated rings. The van der Waals surface area contributed by atoms with Gasteiger partial charge in [-0.25, -0.2) is 9.97 Å². The van der Waals surface area contributed by atoms with Crippen LogP contribution >= 0.6 is 0 Å². The topological polar surface area (TPSA) is 88.7 Å². The zero-order chi connectivity index (χ0) is 22.9. The van der Waals surface area contributed by atoms with Gasteiger partial charge < -0.3 is 10.6 Å². The monoisotopic (exact) mass is 455 g/mol. The quantitative estimate of drug-likeness (QED) is 0.462. The molecule has 4 aromatic rings. The second-order valence-electron chi connectivity index (χ2n) is 8.91. The summed E-state index contributed by atoms with van der Waals surface area (Å²) < 4.78 is 3.96. The summed E-state index contributed by atoms with van der Waals surface area (Å²) in [6, 6.07) is 12.4. The van der Waals surface area contributed by atoms with Crippen molar-refractivity contribution in [2.75, 3.05) is 38.0 Å². The van der Waals surface area contributed by atoms with Gasteiger partial charge in [0.05, 0.1) is 23.6 Å². The molecule has 1 aliphatic carbocycles. The fraction of sp³-hybridized carbons (Fsp3) is 0.360. The van der Waals surface area contributed by atoms with E-state index in [9.17, 15) is 0 Å². The van der Waals surface area contributed by atoms with Crippen LogP contribution in [0.4, 0.5) is 11.8 Å². The van der Waals surface area contributed by atoms with E-state index >= 15 is 0 Å². The first-order chi connectivity index (χ1) is 16.7. The Balaban J connectivity index is 1.24. The minimum atomic E-state index is 0.557. The number of hydrogen-bond donors (Lipinski definition) is 2. The summed E-state index contributed by atoms with van der Waals surface area (Å²) in [5.41, 5.74) is 6.56. The molecule has 0 radical (unpaired) electrons. The number of hydrogen-bond acceptors (Lipinski definition) is 7. The highest BCUT2D eigenvalue weighted by atomic mass is 15.3. The Morgan fingerprint density at radius 2 is 1.85 bits per heavy atom. The summed E-state index contributed by atoms with van der Waals surface area (Å²) in [4.78, 5) is 12.0. The van der Waals surface area contributed by atoms with Gasteiger partial charge >= 0.3 is 0 Å². The SMILES string of the molecule is Cn1nc2c(c1-c1ccccc1)-c1nc(Nc3ccn(CCN4CCNCC4)n3)ncc1CC2. The standard InChI is InChI=1S/C25H29N9/c1-32-24(18-5-3-2-4-6-18)22-20(30-32)8-7-19-17-27-25(29-23(19)22)28-21-9-12-34(31-21)16-15-33-13-10-26-11-14-33/h2-6,9,12,17,26H,7-8,10-11,13-16H2,1H3,(H,27,28,29,31). The predicted octanol–water partition coefficient (Wildman–Crippen LogP) is 2.49. The maximum Gasteiger partial charge on any atom is 0.228 e. The van der Waals surface area contributed by atoms with Crippen molar-refractivity contribution in [3.8, 4) is 22.5 Å². The Bertz CT molecular complexity index is 1290. The third kappa shape index (κ3) is 4.08. The summed E-state index contributed by atoms with van der Waals surface area (Å²) in [6.07, 6.45) is 5.75. The van der Waals surface area contributed by atoms with Crippen LogP contribution in [0.15, 0.2) is 48.8 Å². The minimum absolute atomic E-state index is 0.557. The average Bonchev–Trinajstić information content (AvgIpc) is 3.47. The van der Waals surface area contributed by atoms with Gasteiger partial charge in [0.15, 0.2) is 5.82 Å². The minimum Gasteiger partial charge on any atom is -0.314 e. The number of piperazine rings is 1. The fourth-order valence-electron chi connectivity index (χ4n) is 4.90. The summed E-state index contributed by atoms with van der Waals surface area (Å²) in [7, 11) is 2.01. The molecule has 4 heterocycles. The second-order valence-corrected chi connectivity index (χ2v) is 8.91. The lowest BCUT2D eigenvalue weighted by atomic mass is 9.91. The van der Waals surface area contributed by atoms with Crippen molar-refractivity contribution >= 4 is 11.8 Å². The summed E-state index contributed by atoms with van der Waals surface area (Å²) in [5, 5.41) is 16.2. The van der Waals surface area contributed by atoms with Gasteiger partial charge in [0.1, 0.15) is 0 Å². The van der Waals surface area contributed by atoms with Crippen molar-refractivity contribution in [2.45, 2.75) is 19.4 Å². The van der Waals surface area contributed by atoms with E-state index in [1.807, 2.05) is 40.9 Å². The number of nitrogens with one attached hydrogen (secondary N) is 2. The van der Waals surface area contributed by atoms with Gasteiger partial charge in [0.25, 0.3) is 0 Å². The summed E-state index contributed by atoms with van der Waals surface area (Å²) >= 11 is 0. The molecular weight excluding hydrogens is 426 g/mol. The molecule has 9 heteroatoms. The van der Waals surface area contributed by atoms with Gasteiger partial charge in [-0.05, 0) is 18.4 Å². The van der Waals surface area contributed by atoms with Crippen molar-refractivity contribution in [1.82, 2.24) is 39.7 Å². The van der Waals surface area contributed by atoms with E-state index in [0.29, 0.717) is 5.95 Å². The van der Waals surface area contributed by atoms with E-state index in [1.165, 1.54) is 0 Å². The number of rotatable bonds is 6. The van der Waals surface area contributed by atoms with Crippen LogP contribution in [0.1, 0.15) is 11.3 Å². The lowest BCUT2D eigenvalue weighted by Crippen LogP contribution is -2.44. The molecular formula is C25H29N9. The van der Waals surface area contributed by atoms with Gasteiger partial charge in [0.2, 0.25) is 5.95 Å². The number of aromatic nitrogens is 6. The van der Waals surface area contributed by atoms with E-state index in [4.69, 9.17) is 10.1 Å². The van der Waals surface area contributed by atoms with Crippen molar-refractivity contribution in [3.63, 3.8) is 0 Å². The number of aryl methyl sites for hydroxylation is 3. The van der Waals surface area contributed by atoms with Crippen molar-refractivity contribution < 1.29 is 0 Å². The first-order valence-corrected chi connectivity index (χ1v) is 12.0. The van der Waals surface area contributed by atoms with Crippen molar-refractivity contribution in [3.05, 3.63) is 60.0 Å². The third-order valence-corrected chi connectivity index (χ3v) is 6.63. The van der Waals surface area contributed by atoms with Crippen molar-refractivity contribution in [2.24, 2.45) is 7.05 Å². The molecule has 1 aliphatic heterocycles. The molecule has 9 nitrogen and oxygen atoms in total. The predicted molar refractivity (Wildman–Crippen MR) is 132 cm³/mol. The molecule has 0 amide bonds. The van der Waals surface area contributed by atoms with E-state index in [2.05, 4.69) is 49.9 Å². The molecule has 1 aromatic carbocycles. The lowest BCUT2D eigenvalue weighted by molar-refractivity contribution is 0.229. The largest absolute Gasteiger partial charge is 0.314 e. The van der Waals surface area contributed by atoms with Crippen LogP contribution in [-0.2, 0) is 26.4 Å². The average molecular weight is 456 g/mol. The van der Waals surface area contributed by atoms with Crippen LogP contribution in [-0.4, -0.2) is 67.2 Å². The number of fused-ring (bicyclic) bond motifs is 3. The van der Waals surface area contributed by atoms with Crippen LogP contribution < -0.4 is 10.6 Å². The Morgan fingerprint density at radius 1 is 1.00 bits per heavy atom. The molecule has 1 saturated heterocycles. The molecule has 2 N–H and O–H groups in total. The van der Waals surface area contributed by atoms with Gasteiger partial charge in [-0.15, -0.1) is 0 Å². The molecule has 34 heavy (non-hydrogen) atoms. The highest BCUT2D eigenvalue weighted by molar-refractivity contribution is 5.84. The van der Waals surface area contributed by atoms with E-state index in [0.717, 1.165) is 91.7 Å². The van der Waals surface area contributed by atoms with Crippen LogP contribution in [0.2, 0.25) is 0 Å². The molecule has 174 valence electrons. The Morgan fingerprint density at radius 3 is 2.71 bits per heavy atom. The molecule has 2 aliphatic rings. The van der Waals surface area contributed by atoms with E-state index in [-0.39, 0.29) is 0 Å². The maximum absolute atomic E-state index is 4.94. The summed E-state index contributed by atoms with van der Waals surface area (Å²) in [5.74, 6) is 1.31. The fourth-order valence-corrected chi connectivity index (χ4v) is 4.90. The van der Waals surface area contributed by atoms with E-state index < -0.39 is 0 Å². The lowest BCUT2D eigenvalue weighted by Gasteiger charge is -2.26. The van der Waals surface area contributed by atoms with Gasteiger partial charge in [-0.1, -0.05) is 30.3 Å². The molecule has 0 bridgehead atoms. The first-order valence-electron chi connectivity index (χ1n) is 12.0. The number of anilines is 2. The highest BCUT2D eigenvalue weighted by Gasteiger charge is 2.27. The van der Waals surface area contributed by atoms with Gasteiger partial charge in [0, 0.05) is 69.4 Å². The first kappa shape index (κ1) is 21.0. The summed E-state index contributed by atoms with van der Waals surface area (Å²) in [6.45, 7) is 6.18. The molecule has 0 atom stereocenters. The molecule has 0 spiro atoms. The normalized spacial score (nSPS) is 15.7. The van der Waals surface area contributed by atoms with Gasteiger partial charge in [-0.2, -0.15) is 10.2 Å². The van der Waals surface area contributed by atoms with E-state index in [1.54, 1.807) is 0 Å². The van der Waals surface area contributed by atoms with Crippen LogP contribution in [0.3, 0.4) is 0 Å². The molecule has 3 aromatic heterocycles. The Labute approximate surface area is 198 Å². The third-order valence-electron chi connectivity index (χ3n) is 6.63. The molecule has 6 rings (SSSR count). The maximum atomic E-state index is 4.94. The highest BCUT2D eigenvalue weighted by Crippen LogP contribution is 2.39. The zero-order valence-electron chi connectivity index (χ0n) is 19.4. The Kier molecular flexibility index (Phi) is 5.56. The number of nitrogens with zero attached hydrogens (tertiary/aromatic N) is 7. The van der Waals surface area contributed by atoms with Crippen molar-refractivity contribution in [1.29, 1.82) is 0 Å². The Hall–Kier alpha value is -3.56. The van der Waals surface area contributed by atoms with Gasteiger partial charge in [-0.3, -0.25) is 14.3 Å². The van der Waals surface area contributed by atoms with Crippen LogP contribution in [0.25, 0.3) is 22.5 Å². The number of benzene rings is 1. The zero-order valence-corrected chi connectivity index (χ0v) is 19.4. The smallest absolute Gasteiger partial charge is 0.228 e.